The molecule has 1 aromatic heterocycles. The number of rotatable bonds is 2. The van der Waals surface area contributed by atoms with Crippen LogP contribution in [0.25, 0.3) is 11.3 Å². The first-order valence-electron chi connectivity index (χ1n) is 5.68. The minimum atomic E-state index is 0.597. The molecule has 0 N–H and O–H groups in total. The number of hydrogen-bond donors (Lipinski definition) is 0. The van der Waals surface area contributed by atoms with E-state index in [4.69, 9.17) is 4.74 Å². The molecule has 0 amide bonds. The number of halogens is 1. The van der Waals surface area contributed by atoms with E-state index in [1.54, 1.807) is 7.11 Å². The fourth-order valence-electron chi connectivity index (χ4n) is 2.08. The standard InChI is InChI=1S/C14H15BrN2O/c1-8-5-9(2)13(12(6-8)18-4)11-7-10(3)16-14(15)17-11/h5-7H,1-4H3. The van der Waals surface area contributed by atoms with E-state index in [0.717, 1.165) is 28.3 Å². The van der Waals surface area contributed by atoms with Crippen LogP contribution >= 0.6 is 15.9 Å². The van der Waals surface area contributed by atoms with E-state index in [1.165, 1.54) is 5.56 Å². The van der Waals surface area contributed by atoms with Gasteiger partial charge < -0.3 is 4.74 Å². The van der Waals surface area contributed by atoms with Crippen LogP contribution in [0.1, 0.15) is 16.8 Å². The van der Waals surface area contributed by atoms with Gasteiger partial charge in [-0.3, -0.25) is 0 Å². The van der Waals surface area contributed by atoms with Crippen molar-refractivity contribution in [3.05, 3.63) is 39.8 Å². The van der Waals surface area contributed by atoms with Crippen molar-refractivity contribution in [1.29, 1.82) is 0 Å². The second-order valence-corrected chi connectivity index (χ2v) is 5.03. The molecular weight excluding hydrogens is 292 g/mol. The lowest BCUT2D eigenvalue weighted by atomic mass is 10.0. The highest BCUT2D eigenvalue weighted by Gasteiger charge is 2.12. The quantitative estimate of drug-likeness (QED) is 0.791. The summed E-state index contributed by atoms with van der Waals surface area (Å²) in [5, 5.41) is 0. The van der Waals surface area contributed by atoms with Crippen molar-refractivity contribution in [2.45, 2.75) is 20.8 Å². The van der Waals surface area contributed by atoms with E-state index >= 15 is 0 Å². The minimum Gasteiger partial charge on any atom is -0.496 e. The summed E-state index contributed by atoms with van der Waals surface area (Å²) < 4.78 is 6.06. The van der Waals surface area contributed by atoms with Crippen LogP contribution in [0, 0.1) is 20.8 Å². The van der Waals surface area contributed by atoms with Gasteiger partial charge in [0, 0.05) is 11.3 Å². The molecule has 0 aliphatic rings. The molecule has 1 aromatic carbocycles. The molecule has 2 aromatic rings. The number of ether oxygens (including phenoxy) is 1. The average Bonchev–Trinajstić information content (AvgIpc) is 2.26. The molecule has 1 heterocycles. The van der Waals surface area contributed by atoms with E-state index in [2.05, 4.69) is 45.8 Å². The van der Waals surface area contributed by atoms with Gasteiger partial charge in [0.05, 0.1) is 12.8 Å². The highest BCUT2D eigenvalue weighted by Crippen LogP contribution is 2.33. The van der Waals surface area contributed by atoms with Crippen molar-refractivity contribution < 1.29 is 4.74 Å². The minimum absolute atomic E-state index is 0.597. The highest BCUT2D eigenvalue weighted by atomic mass is 79.9. The third kappa shape index (κ3) is 2.53. The topological polar surface area (TPSA) is 35.0 Å². The summed E-state index contributed by atoms with van der Waals surface area (Å²) >= 11 is 3.33. The van der Waals surface area contributed by atoms with Gasteiger partial charge in [-0.1, -0.05) is 6.07 Å². The zero-order valence-corrected chi connectivity index (χ0v) is 12.5. The maximum atomic E-state index is 5.47. The van der Waals surface area contributed by atoms with Crippen molar-refractivity contribution in [2.24, 2.45) is 0 Å². The fourth-order valence-corrected chi connectivity index (χ4v) is 2.55. The molecule has 4 heteroatoms. The van der Waals surface area contributed by atoms with Crippen molar-refractivity contribution in [1.82, 2.24) is 9.97 Å². The van der Waals surface area contributed by atoms with Crippen LogP contribution in [-0.2, 0) is 0 Å². The summed E-state index contributed by atoms with van der Waals surface area (Å²) in [6.45, 7) is 6.07. The number of benzene rings is 1. The molecule has 2 rings (SSSR count). The first-order chi connectivity index (χ1) is 8.51. The molecule has 94 valence electrons. The zero-order chi connectivity index (χ0) is 13.3. The molecule has 0 fully saturated rings. The summed E-state index contributed by atoms with van der Waals surface area (Å²) in [5.41, 5.74) is 5.15. The van der Waals surface area contributed by atoms with E-state index in [-0.39, 0.29) is 0 Å². The highest BCUT2D eigenvalue weighted by molar-refractivity contribution is 9.10. The second-order valence-electron chi connectivity index (χ2n) is 4.32. The Balaban J connectivity index is 2.69. The van der Waals surface area contributed by atoms with Gasteiger partial charge in [0.15, 0.2) is 4.73 Å². The molecule has 0 unspecified atom stereocenters. The van der Waals surface area contributed by atoms with Gasteiger partial charge in [-0.25, -0.2) is 9.97 Å². The molecule has 0 spiro atoms. The Hall–Kier alpha value is -1.42. The molecule has 0 aliphatic carbocycles. The fraction of sp³-hybridized carbons (Fsp3) is 0.286. The Morgan fingerprint density at radius 3 is 2.39 bits per heavy atom. The lowest BCUT2D eigenvalue weighted by Gasteiger charge is -2.13. The maximum Gasteiger partial charge on any atom is 0.197 e. The van der Waals surface area contributed by atoms with Crippen LogP contribution in [0.2, 0.25) is 0 Å². The predicted octanol–water partition coefficient (Wildman–Crippen LogP) is 3.84. The van der Waals surface area contributed by atoms with Crippen molar-refractivity contribution >= 4 is 15.9 Å². The molecule has 0 radical (unpaired) electrons. The Bertz CT molecular complexity index is 576. The van der Waals surface area contributed by atoms with E-state index < -0.39 is 0 Å². The lowest BCUT2D eigenvalue weighted by Crippen LogP contribution is -1.97. The molecule has 3 nitrogen and oxygen atoms in total. The van der Waals surface area contributed by atoms with Crippen LogP contribution in [0.15, 0.2) is 22.9 Å². The molecule has 0 saturated heterocycles. The molecule has 0 saturated carbocycles. The summed E-state index contributed by atoms with van der Waals surface area (Å²) in [4.78, 5) is 8.66. The molecule has 0 atom stereocenters. The first kappa shape index (κ1) is 13.0. The third-order valence-corrected chi connectivity index (χ3v) is 3.10. The van der Waals surface area contributed by atoms with E-state index in [9.17, 15) is 0 Å². The molecular formula is C14H15BrN2O. The summed E-state index contributed by atoms with van der Waals surface area (Å²) in [6.07, 6.45) is 0. The van der Waals surface area contributed by atoms with Gasteiger partial charge in [-0.05, 0) is 60.0 Å². The van der Waals surface area contributed by atoms with Crippen LogP contribution in [0.3, 0.4) is 0 Å². The number of aryl methyl sites for hydroxylation is 3. The molecule has 18 heavy (non-hydrogen) atoms. The van der Waals surface area contributed by atoms with Gasteiger partial charge >= 0.3 is 0 Å². The van der Waals surface area contributed by atoms with E-state index in [0.29, 0.717) is 4.73 Å². The number of aromatic nitrogens is 2. The largest absolute Gasteiger partial charge is 0.496 e. The van der Waals surface area contributed by atoms with Crippen molar-refractivity contribution in [3.8, 4) is 17.0 Å². The Labute approximate surface area is 115 Å². The first-order valence-corrected chi connectivity index (χ1v) is 6.47. The van der Waals surface area contributed by atoms with Crippen molar-refractivity contribution in [2.75, 3.05) is 7.11 Å². The van der Waals surface area contributed by atoms with Gasteiger partial charge in [0.1, 0.15) is 5.75 Å². The number of hydrogen-bond acceptors (Lipinski definition) is 3. The summed E-state index contributed by atoms with van der Waals surface area (Å²) in [7, 11) is 1.68. The molecule has 0 bridgehead atoms. The third-order valence-electron chi connectivity index (χ3n) is 2.75. The van der Waals surface area contributed by atoms with Crippen molar-refractivity contribution in [3.63, 3.8) is 0 Å². The van der Waals surface area contributed by atoms with Gasteiger partial charge in [-0.2, -0.15) is 0 Å². The molecule has 0 aliphatic heterocycles. The lowest BCUT2D eigenvalue weighted by molar-refractivity contribution is 0.415. The van der Waals surface area contributed by atoms with Crippen LogP contribution in [0.4, 0.5) is 0 Å². The SMILES string of the molecule is COc1cc(C)cc(C)c1-c1cc(C)nc(Br)n1. The normalized spacial score (nSPS) is 10.5. The van der Waals surface area contributed by atoms with Gasteiger partial charge in [0.25, 0.3) is 0 Å². The Morgan fingerprint density at radius 1 is 1.06 bits per heavy atom. The summed E-state index contributed by atoms with van der Waals surface area (Å²) in [6, 6.07) is 6.11. The second kappa shape index (κ2) is 5.06. The number of nitrogens with zero attached hydrogens (tertiary/aromatic N) is 2. The van der Waals surface area contributed by atoms with E-state index in [1.807, 2.05) is 19.1 Å². The van der Waals surface area contributed by atoms with Crippen LogP contribution in [0.5, 0.6) is 5.75 Å². The summed E-state index contributed by atoms with van der Waals surface area (Å²) in [5.74, 6) is 0.845. The Kier molecular flexibility index (Phi) is 3.66. The average molecular weight is 307 g/mol. The predicted molar refractivity (Wildman–Crippen MR) is 75.9 cm³/mol. The van der Waals surface area contributed by atoms with Crippen LogP contribution < -0.4 is 4.74 Å². The Morgan fingerprint density at radius 2 is 1.78 bits per heavy atom. The van der Waals surface area contributed by atoms with Gasteiger partial charge in [0.2, 0.25) is 0 Å². The monoisotopic (exact) mass is 306 g/mol. The van der Waals surface area contributed by atoms with Gasteiger partial charge in [-0.15, -0.1) is 0 Å². The number of methoxy groups -OCH3 is 1. The maximum absolute atomic E-state index is 5.47. The van der Waals surface area contributed by atoms with Crippen LogP contribution in [-0.4, -0.2) is 17.1 Å². The smallest absolute Gasteiger partial charge is 0.197 e. The zero-order valence-electron chi connectivity index (χ0n) is 10.9.